The molecule has 2 aromatic rings. The number of hydrogen-bond acceptors (Lipinski definition) is 4. The molecule has 7 nitrogen and oxygen atoms in total. The van der Waals surface area contributed by atoms with Crippen LogP contribution in [0.25, 0.3) is 11.1 Å². The maximum atomic E-state index is 12.6. The second kappa shape index (κ2) is 11.3. The fourth-order valence-electron chi connectivity index (χ4n) is 4.15. The molecule has 2 unspecified atom stereocenters. The minimum atomic E-state index is -1.22. The highest BCUT2D eigenvalue weighted by Gasteiger charge is 2.30. The molecule has 0 spiro atoms. The molecule has 0 aromatic heterocycles. The minimum absolute atomic E-state index is 0.0826. The third kappa shape index (κ3) is 6.22. The molecule has 7 heteroatoms. The lowest BCUT2D eigenvalue weighted by molar-refractivity contribution is -0.140. The molecule has 2 aromatic carbocycles. The first-order valence-corrected chi connectivity index (χ1v) is 11.1. The molecule has 3 N–H and O–H groups in total. The van der Waals surface area contributed by atoms with E-state index in [1.54, 1.807) is 6.08 Å². The Kier molecular flexibility index (Phi) is 8.24. The van der Waals surface area contributed by atoms with Crippen molar-refractivity contribution in [1.29, 1.82) is 0 Å². The smallest absolute Gasteiger partial charge is 0.407 e. The zero-order valence-electron chi connectivity index (χ0n) is 18.8. The second-order valence-electron chi connectivity index (χ2n) is 8.25. The van der Waals surface area contributed by atoms with Gasteiger partial charge in [-0.1, -0.05) is 54.6 Å². The van der Waals surface area contributed by atoms with Crippen LogP contribution >= 0.6 is 0 Å². The van der Waals surface area contributed by atoms with Gasteiger partial charge in [0.2, 0.25) is 5.91 Å². The van der Waals surface area contributed by atoms with Crippen LogP contribution in [0, 0.1) is 0 Å². The molecule has 0 fully saturated rings. The van der Waals surface area contributed by atoms with Crippen LogP contribution in [0.2, 0.25) is 0 Å². The number of alkyl carbamates (subject to hydrolysis) is 1. The Morgan fingerprint density at radius 3 is 2.24 bits per heavy atom. The summed E-state index contributed by atoms with van der Waals surface area (Å²) >= 11 is 0. The van der Waals surface area contributed by atoms with Gasteiger partial charge in [-0.3, -0.25) is 9.59 Å². The number of unbranched alkanes of at least 4 members (excludes halogenated alkanes) is 1. The van der Waals surface area contributed by atoms with Gasteiger partial charge in [-0.25, -0.2) is 4.79 Å². The largest absolute Gasteiger partial charge is 0.481 e. The molecule has 0 bridgehead atoms. The zero-order chi connectivity index (χ0) is 23.8. The fraction of sp³-hybridized carbons (Fsp3) is 0.346. The molecule has 0 heterocycles. The topological polar surface area (TPSA) is 105 Å². The lowest BCUT2D eigenvalue weighted by Crippen LogP contribution is -2.50. The Labute approximate surface area is 193 Å². The summed E-state index contributed by atoms with van der Waals surface area (Å²) in [6.07, 6.45) is 2.86. The molecule has 3 rings (SSSR count). The van der Waals surface area contributed by atoms with Gasteiger partial charge in [-0.2, -0.15) is 0 Å². The highest BCUT2D eigenvalue weighted by Crippen LogP contribution is 2.44. The monoisotopic (exact) mass is 450 g/mol. The quantitative estimate of drug-likeness (QED) is 0.351. The lowest BCUT2D eigenvalue weighted by atomic mass is 9.98. The van der Waals surface area contributed by atoms with Crippen molar-refractivity contribution in [1.82, 2.24) is 10.6 Å². The van der Waals surface area contributed by atoms with Crippen LogP contribution in [0.1, 0.15) is 49.7 Å². The number of rotatable bonds is 11. The fourth-order valence-corrected chi connectivity index (χ4v) is 4.15. The summed E-state index contributed by atoms with van der Waals surface area (Å²) in [4.78, 5) is 36.3. The van der Waals surface area contributed by atoms with Gasteiger partial charge >= 0.3 is 12.1 Å². The van der Waals surface area contributed by atoms with E-state index in [2.05, 4.69) is 17.2 Å². The van der Waals surface area contributed by atoms with Gasteiger partial charge in [0.05, 0.1) is 6.42 Å². The highest BCUT2D eigenvalue weighted by molar-refractivity contribution is 5.89. The first kappa shape index (κ1) is 24.0. The number of ether oxygens (including phenoxy) is 1. The van der Waals surface area contributed by atoms with Crippen LogP contribution in [-0.2, 0) is 14.3 Å². The first-order valence-electron chi connectivity index (χ1n) is 11.1. The summed E-state index contributed by atoms with van der Waals surface area (Å²) in [5.74, 6) is -1.86. The number of carbonyl (C=O) groups is 3. The molecule has 0 radical (unpaired) electrons. The van der Waals surface area contributed by atoms with Gasteiger partial charge in [0.15, 0.2) is 0 Å². The van der Waals surface area contributed by atoms with Crippen LogP contribution in [-0.4, -0.2) is 41.8 Å². The van der Waals surface area contributed by atoms with E-state index in [1.165, 1.54) is 0 Å². The van der Waals surface area contributed by atoms with Gasteiger partial charge in [0.25, 0.3) is 0 Å². The molecule has 1 aliphatic rings. The molecule has 33 heavy (non-hydrogen) atoms. The van der Waals surface area contributed by atoms with Crippen molar-refractivity contribution >= 4 is 18.0 Å². The summed E-state index contributed by atoms with van der Waals surface area (Å²) < 4.78 is 5.45. The highest BCUT2D eigenvalue weighted by atomic mass is 16.5. The third-order valence-corrected chi connectivity index (χ3v) is 5.77. The van der Waals surface area contributed by atoms with Crippen LogP contribution in [0.5, 0.6) is 0 Å². The standard InChI is InChI=1S/C26H30N2O5/c1-3-4-5-10-17(2)27-25(31)23(15-24(29)30)28-26(32)33-16-22-20-13-8-6-11-18(20)19-12-7-9-14-21(19)22/h3,6-9,11-14,17,22-23H,1,4-5,10,15-16H2,2H3,(H,27,31)(H,28,32)(H,29,30). The van der Waals surface area contributed by atoms with E-state index in [1.807, 2.05) is 55.5 Å². The minimum Gasteiger partial charge on any atom is -0.481 e. The molecule has 0 aliphatic heterocycles. The lowest BCUT2D eigenvalue weighted by Gasteiger charge is -2.21. The second-order valence-corrected chi connectivity index (χ2v) is 8.25. The Hall–Kier alpha value is -3.61. The third-order valence-electron chi connectivity index (χ3n) is 5.77. The Balaban J connectivity index is 1.61. The Morgan fingerprint density at radius 2 is 1.67 bits per heavy atom. The number of amides is 2. The molecular weight excluding hydrogens is 420 g/mol. The van der Waals surface area contributed by atoms with Crippen molar-refractivity contribution in [2.45, 2.75) is 50.6 Å². The van der Waals surface area contributed by atoms with Crippen LogP contribution < -0.4 is 10.6 Å². The Bertz CT molecular complexity index is 974. The normalized spacial score (nSPS) is 13.8. The molecule has 0 saturated carbocycles. The maximum Gasteiger partial charge on any atom is 0.407 e. The van der Waals surface area contributed by atoms with Gasteiger partial charge < -0.3 is 20.5 Å². The van der Waals surface area contributed by atoms with Crippen molar-refractivity contribution in [3.8, 4) is 11.1 Å². The van der Waals surface area contributed by atoms with Crippen molar-refractivity contribution in [3.05, 3.63) is 72.3 Å². The van der Waals surface area contributed by atoms with Crippen LogP contribution in [0.15, 0.2) is 61.2 Å². The van der Waals surface area contributed by atoms with E-state index in [0.717, 1.165) is 41.5 Å². The Morgan fingerprint density at radius 1 is 1.06 bits per heavy atom. The summed E-state index contributed by atoms with van der Waals surface area (Å²) in [5, 5.41) is 14.4. The van der Waals surface area contributed by atoms with Crippen LogP contribution in [0.3, 0.4) is 0 Å². The van der Waals surface area contributed by atoms with Gasteiger partial charge in [-0.05, 0) is 48.4 Å². The first-order chi connectivity index (χ1) is 15.9. The number of carboxylic acid groups (broad SMARTS) is 1. The van der Waals surface area contributed by atoms with Gasteiger partial charge in [0.1, 0.15) is 12.6 Å². The van der Waals surface area contributed by atoms with Gasteiger partial charge in [0, 0.05) is 12.0 Å². The molecule has 1 aliphatic carbocycles. The van der Waals surface area contributed by atoms with Gasteiger partial charge in [-0.15, -0.1) is 6.58 Å². The number of carbonyl (C=O) groups excluding carboxylic acids is 2. The van der Waals surface area contributed by atoms with Crippen molar-refractivity contribution in [2.75, 3.05) is 6.61 Å². The number of allylic oxidation sites excluding steroid dienone is 1. The van der Waals surface area contributed by atoms with Crippen molar-refractivity contribution < 1.29 is 24.2 Å². The predicted octanol–water partition coefficient (Wildman–Crippen LogP) is 4.23. The van der Waals surface area contributed by atoms with Crippen molar-refractivity contribution in [2.24, 2.45) is 0 Å². The van der Waals surface area contributed by atoms with E-state index >= 15 is 0 Å². The van der Waals surface area contributed by atoms with Crippen LogP contribution in [0.4, 0.5) is 4.79 Å². The van der Waals surface area contributed by atoms with E-state index in [4.69, 9.17) is 4.74 Å². The number of hydrogen-bond donors (Lipinski definition) is 3. The van der Waals surface area contributed by atoms with E-state index < -0.39 is 30.4 Å². The summed E-state index contributed by atoms with van der Waals surface area (Å²) in [6.45, 7) is 5.59. The molecular formula is C26H30N2O5. The predicted molar refractivity (Wildman–Crippen MR) is 126 cm³/mol. The van der Waals surface area contributed by atoms with E-state index in [-0.39, 0.29) is 18.6 Å². The van der Waals surface area contributed by atoms with E-state index in [9.17, 15) is 19.5 Å². The number of nitrogens with one attached hydrogen (secondary N) is 2. The number of aliphatic carboxylic acids is 1. The zero-order valence-corrected chi connectivity index (χ0v) is 18.8. The van der Waals surface area contributed by atoms with E-state index in [0.29, 0.717) is 0 Å². The summed E-state index contributed by atoms with van der Waals surface area (Å²) in [7, 11) is 0. The summed E-state index contributed by atoms with van der Waals surface area (Å²) in [6, 6.07) is 14.6. The average Bonchev–Trinajstić information content (AvgIpc) is 3.11. The maximum absolute atomic E-state index is 12.6. The molecule has 0 saturated heterocycles. The molecule has 2 amide bonds. The number of benzene rings is 2. The number of fused-ring (bicyclic) bond motifs is 3. The molecule has 174 valence electrons. The SMILES string of the molecule is C=CCCCC(C)NC(=O)C(CC(=O)O)NC(=O)OCC1c2ccccc2-c2ccccc21. The summed E-state index contributed by atoms with van der Waals surface area (Å²) in [5.41, 5.74) is 4.35. The van der Waals surface area contributed by atoms with Crippen molar-refractivity contribution in [3.63, 3.8) is 0 Å². The average molecular weight is 451 g/mol. The number of carboxylic acids is 1. The molecule has 2 atom stereocenters.